The number of pyridine rings is 1. The van der Waals surface area contributed by atoms with Crippen LogP contribution in [-0.4, -0.2) is 40.6 Å². The lowest BCUT2D eigenvalue weighted by Crippen LogP contribution is -2.23. The zero-order valence-electron chi connectivity index (χ0n) is 16.3. The molecule has 0 spiro atoms. The van der Waals surface area contributed by atoms with Gasteiger partial charge in [0.05, 0.1) is 29.7 Å². The molecule has 3 aromatic rings. The van der Waals surface area contributed by atoms with Gasteiger partial charge in [-0.15, -0.1) is 0 Å². The molecular formula is C19H17ClF3N5O3. The lowest BCUT2D eigenvalue weighted by molar-refractivity contribution is -0.0662. The third kappa shape index (κ3) is 5.25. The van der Waals surface area contributed by atoms with Gasteiger partial charge >= 0.3 is 6.43 Å². The summed E-state index contributed by atoms with van der Waals surface area (Å²) in [5, 5.41) is 7.14. The maximum Gasteiger partial charge on any atom is 0.304 e. The van der Waals surface area contributed by atoms with Crippen LogP contribution in [0.3, 0.4) is 0 Å². The highest BCUT2D eigenvalue weighted by molar-refractivity contribution is 6.29. The number of rotatable bonds is 8. The van der Waals surface area contributed by atoms with Crippen molar-refractivity contribution in [2.45, 2.75) is 12.8 Å². The largest absolute Gasteiger partial charge is 0.452 e. The minimum Gasteiger partial charge on any atom is -0.452 e. The summed E-state index contributed by atoms with van der Waals surface area (Å²) >= 11 is 5.94. The van der Waals surface area contributed by atoms with Gasteiger partial charge in [0, 0.05) is 25.0 Å². The van der Waals surface area contributed by atoms with Gasteiger partial charge in [0.1, 0.15) is 5.15 Å². The number of aryl methyl sites for hydroxylation is 1. The van der Waals surface area contributed by atoms with E-state index in [0.717, 1.165) is 0 Å². The average molecular weight is 456 g/mol. The molecule has 12 heteroatoms. The Hall–Kier alpha value is -3.31. The zero-order chi connectivity index (χ0) is 22.5. The molecular weight excluding hydrogens is 439 g/mol. The van der Waals surface area contributed by atoms with Crippen molar-refractivity contribution in [3.63, 3.8) is 0 Å². The number of amides is 1. The molecule has 0 fully saturated rings. The van der Waals surface area contributed by atoms with Gasteiger partial charge in [-0.1, -0.05) is 17.7 Å². The second kappa shape index (κ2) is 9.67. The van der Waals surface area contributed by atoms with Crippen molar-refractivity contribution in [1.29, 1.82) is 0 Å². The van der Waals surface area contributed by atoms with E-state index in [4.69, 9.17) is 16.3 Å². The summed E-state index contributed by atoms with van der Waals surface area (Å²) in [4.78, 5) is 20.7. The fourth-order valence-corrected chi connectivity index (χ4v) is 2.85. The maximum absolute atomic E-state index is 13.9. The molecule has 0 aliphatic heterocycles. The third-order valence-corrected chi connectivity index (χ3v) is 4.22. The van der Waals surface area contributed by atoms with E-state index in [9.17, 15) is 18.0 Å². The molecule has 0 saturated heterocycles. The van der Waals surface area contributed by atoms with Crippen LogP contribution in [0.5, 0.6) is 5.75 Å². The molecule has 0 saturated carbocycles. The number of alkyl halides is 3. The van der Waals surface area contributed by atoms with Crippen molar-refractivity contribution in [3.05, 3.63) is 53.4 Å². The molecule has 0 aliphatic carbocycles. The topological polar surface area (TPSA) is 90.3 Å². The quantitative estimate of drug-likeness (QED) is 0.392. The van der Waals surface area contributed by atoms with Crippen LogP contribution >= 0.6 is 11.6 Å². The van der Waals surface area contributed by atoms with Gasteiger partial charge in [-0.25, -0.2) is 19.2 Å². The minimum atomic E-state index is -3.37. The summed E-state index contributed by atoms with van der Waals surface area (Å²) in [5.74, 6) is -0.867. The van der Waals surface area contributed by atoms with E-state index >= 15 is 0 Å². The first-order chi connectivity index (χ1) is 14.8. The Morgan fingerprint density at radius 1 is 1.23 bits per heavy atom. The number of hydrogen-bond acceptors (Lipinski definition) is 6. The molecule has 0 bridgehead atoms. The van der Waals surface area contributed by atoms with Crippen LogP contribution in [0.2, 0.25) is 5.15 Å². The molecule has 3 rings (SSSR count). The zero-order valence-corrected chi connectivity index (χ0v) is 17.0. The first kappa shape index (κ1) is 22.4. The molecule has 1 atom stereocenters. The van der Waals surface area contributed by atoms with Crippen LogP contribution in [-0.2, 0) is 11.9 Å². The Labute approximate surface area is 179 Å². The summed E-state index contributed by atoms with van der Waals surface area (Å²) in [6.45, 7) is 0. The normalized spacial score (nSPS) is 12.0. The number of carbonyl (C=O) groups excluding carboxylic acids is 1. The first-order valence-corrected chi connectivity index (χ1v) is 9.15. The summed E-state index contributed by atoms with van der Waals surface area (Å²) in [6.07, 6.45) is -3.43. The molecule has 2 N–H and O–H groups in total. The number of anilines is 2. The predicted molar refractivity (Wildman–Crippen MR) is 107 cm³/mol. The number of benzene rings is 1. The number of aromatic nitrogens is 3. The maximum atomic E-state index is 13.9. The molecule has 31 heavy (non-hydrogen) atoms. The number of ether oxygens (including phenoxy) is 1. The Balaban J connectivity index is 2.09. The average Bonchev–Trinajstić information content (AvgIpc) is 3.15. The highest BCUT2D eigenvalue weighted by Gasteiger charge is 2.25. The highest BCUT2D eigenvalue weighted by Crippen LogP contribution is 2.39. The van der Waals surface area contributed by atoms with Crippen LogP contribution in [0.25, 0.3) is 11.3 Å². The monoisotopic (exact) mass is 455 g/mol. The number of nitrogens with one attached hydrogen (secondary N) is 2. The summed E-state index contributed by atoms with van der Waals surface area (Å²) in [7, 11) is 2.92. The lowest BCUT2D eigenvalue weighted by atomic mass is 10.1. The molecule has 8 nitrogen and oxygen atoms in total. The van der Waals surface area contributed by atoms with Gasteiger partial charge in [0.2, 0.25) is 0 Å². The van der Waals surface area contributed by atoms with Gasteiger partial charge in [0.15, 0.2) is 5.75 Å². The van der Waals surface area contributed by atoms with E-state index < -0.39 is 18.7 Å². The second-order valence-electron chi connectivity index (χ2n) is 6.17. The fraction of sp³-hybridized carbons (Fsp3) is 0.211. The Morgan fingerprint density at radius 2 is 2.00 bits per heavy atom. The van der Waals surface area contributed by atoms with Crippen LogP contribution in [0.1, 0.15) is 10.4 Å². The molecule has 0 aliphatic rings. The van der Waals surface area contributed by atoms with Crippen molar-refractivity contribution >= 4 is 28.9 Å². The summed E-state index contributed by atoms with van der Waals surface area (Å²) in [6, 6.07) is 7.55. The fourth-order valence-electron chi connectivity index (χ4n) is 2.69. The van der Waals surface area contributed by atoms with E-state index in [0.29, 0.717) is 5.69 Å². The van der Waals surface area contributed by atoms with Crippen molar-refractivity contribution < 1.29 is 27.5 Å². The van der Waals surface area contributed by atoms with Crippen LogP contribution in [0.15, 0.2) is 42.7 Å². The number of hydroxylamine groups is 1. The minimum absolute atomic E-state index is 0.0334. The van der Waals surface area contributed by atoms with Gasteiger partial charge in [-0.05, 0) is 24.3 Å². The van der Waals surface area contributed by atoms with E-state index in [1.165, 1.54) is 30.1 Å². The Kier molecular flexibility index (Phi) is 6.98. The van der Waals surface area contributed by atoms with E-state index in [1.807, 2.05) is 0 Å². The molecule has 2 heterocycles. The van der Waals surface area contributed by atoms with Crippen LogP contribution in [0.4, 0.5) is 24.5 Å². The molecule has 164 valence electrons. The van der Waals surface area contributed by atoms with Crippen molar-refractivity contribution in [2.24, 2.45) is 7.05 Å². The lowest BCUT2D eigenvalue weighted by Gasteiger charge is -2.19. The third-order valence-electron chi connectivity index (χ3n) is 4.01. The Morgan fingerprint density at radius 3 is 2.65 bits per heavy atom. The predicted octanol–water partition coefficient (Wildman–Crippen LogP) is 4.11. The van der Waals surface area contributed by atoms with Crippen molar-refractivity contribution in [1.82, 2.24) is 20.2 Å². The van der Waals surface area contributed by atoms with E-state index in [1.54, 1.807) is 31.4 Å². The van der Waals surface area contributed by atoms with Crippen molar-refractivity contribution in [2.75, 3.05) is 12.4 Å². The molecule has 2 aromatic heterocycles. The number of hydrogen-bond donors (Lipinski definition) is 2. The number of carbonyl (C=O) groups is 1. The van der Waals surface area contributed by atoms with Crippen LogP contribution < -0.4 is 15.5 Å². The smallest absolute Gasteiger partial charge is 0.304 e. The van der Waals surface area contributed by atoms with E-state index in [-0.39, 0.29) is 33.4 Å². The first-order valence-electron chi connectivity index (χ1n) is 8.78. The van der Waals surface area contributed by atoms with Gasteiger partial charge in [0.25, 0.3) is 12.3 Å². The Bertz CT molecular complexity index is 1080. The summed E-state index contributed by atoms with van der Waals surface area (Å²) in [5.41, 5.74) is 3.06. The number of para-hydroxylation sites is 1. The second-order valence-corrected chi connectivity index (χ2v) is 6.56. The summed E-state index contributed by atoms with van der Waals surface area (Å²) < 4.78 is 46.1. The molecule has 1 unspecified atom stereocenters. The molecule has 0 radical (unpaired) electrons. The standard InChI is InChI=1S/C19H17ClF3N5O3/c1-28-7-6-12(26-28)10-4-3-5-13(16(10)31-18(23)17(21)22)25-14-8-15(20)24-9-11(14)19(29)27-30-2/h3-9,17-18H,1-2H3,(H,24,25)(H,27,29). The van der Waals surface area contributed by atoms with E-state index in [2.05, 4.69) is 25.7 Å². The SMILES string of the molecule is CONC(=O)c1cnc(Cl)cc1Nc1cccc(-c2ccn(C)n2)c1OC(F)C(F)F. The number of nitrogens with zero attached hydrogens (tertiary/aromatic N) is 3. The van der Waals surface area contributed by atoms with Crippen molar-refractivity contribution in [3.8, 4) is 17.0 Å². The van der Waals surface area contributed by atoms with Gasteiger partial charge < -0.3 is 10.1 Å². The van der Waals surface area contributed by atoms with Gasteiger partial charge in [-0.2, -0.15) is 9.49 Å². The molecule has 1 aromatic carbocycles. The number of halogens is 4. The highest BCUT2D eigenvalue weighted by atomic mass is 35.5. The van der Waals surface area contributed by atoms with Gasteiger partial charge in [-0.3, -0.25) is 14.3 Å². The van der Waals surface area contributed by atoms with Crippen LogP contribution in [0, 0.1) is 0 Å². The molecule has 1 amide bonds.